The number of fused-ring (bicyclic) bond motifs is 1. The summed E-state index contributed by atoms with van der Waals surface area (Å²) in [5.74, 6) is 2.65. The lowest BCUT2D eigenvalue weighted by atomic mass is 10.0. The van der Waals surface area contributed by atoms with Crippen molar-refractivity contribution in [2.75, 3.05) is 38.8 Å². The number of amides is 1. The highest BCUT2D eigenvalue weighted by atomic mass is 16.5. The van der Waals surface area contributed by atoms with Crippen LogP contribution in [0.15, 0.2) is 24.3 Å². The van der Waals surface area contributed by atoms with Gasteiger partial charge in [0, 0.05) is 43.6 Å². The second-order valence-electron chi connectivity index (χ2n) is 7.98. The van der Waals surface area contributed by atoms with Crippen LogP contribution in [0.25, 0.3) is 0 Å². The Balaban J connectivity index is 1.66. The van der Waals surface area contributed by atoms with E-state index in [9.17, 15) is 4.79 Å². The first-order valence-electron chi connectivity index (χ1n) is 10.6. The Hall–Kier alpha value is -2.67. The molecule has 1 aromatic carbocycles. The van der Waals surface area contributed by atoms with E-state index in [-0.39, 0.29) is 18.6 Å². The van der Waals surface area contributed by atoms with E-state index in [2.05, 4.69) is 17.9 Å². The van der Waals surface area contributed by atoms with Crippen molar-refractivity contribution in [3.8, 4) is 5.75 Å². The van der Waals surface area contributed by atoms with Gasteiger partial charge < -0.3 is 19.3 Å². The highest BCUT2D eigenvalue weighted by Gasteiger charge is 2.33. The highest BCUT2D eigenvalue weighted by Crippen LogP contribution is 2.35. The smallest absolute Gasteiger partial charge is 0.249 e. The minimum absolute atomic E-state index is 0.00449. The molecule has 3 heterocycles. The van der Waals surface area contributed by atoms with Crippen LogP contribution in [0.5, 0.6) is 5.75 Å². The third-order valence-electron chi connectivity index (χ3n) is 6.06. The number of nitrogens with zero attached hydrogens (tertiary/aromatic N) is 4. The Morgan fingerprint density at radius 3 is 2.80 bits per heavy atom. The Labute approximate surface area is 178 Å². The van der Waals surface area contributed by atoms with Crippen molar-refractivity contribution in [2.24, 2.45) is 0 Å². The molecule has 0 saturated carbocycles. The van der Waals surface area contributed by atoms with E-state index in [4.69, 9.17) is 19.4 Å². The molecule has 30 heavy (non-hydrogen) atoms. The number of carbonyl (C=O) groups excluding carboxylic acids is 1. The van der Waals surface area contributed by atoms with Crippen LogP contribution in [-0.4, -0.2) is 54.7 Å². The monoisotopic (exact) mass is 410 g/mol. The lowest BCUT2D eigenvalue weighted by Gasteiger charge is -2.32. The summed E-state index contributed by atoms with van der Waals surface area (Å²) in [5.41, 5.74) is 3.38. The van der Waals surface area contributed by atoms with Crippen molar-refractivity contribution in [1.29, 1.82) is 0 Å². The number of hydrogen-bond donors (Lipinski definition) is 0. The predicted molar refractivity (Wildman–Crippen MR) is 115 cm³/mol. The molecule has 7 nitrogen and oxygen atoms in total. The Kier molecular flexibility index (Phi) is 6.18. The van der Waals surface area contributed by atoms with Crippen LogP contribution >= 0.6 is 0 Å². The van der Waals surface area contributed by atoms with Gasteiger partial charge in [-0.1, -0.05) is 18.2 Å². The average Bonchev–Trinajstić information content (AvgIpc) is 3.25. The fourth-order valence-corrected chi connectivity index (χ4v) is 4.59. The largest absolute Gasteiger partial charge is 0.496 e. The summed E-state index contributed by atoms with van der Waals surface area (Å²) >= 11 is 0. The van der Waals surface area contributed by atoms with Gasteiger partial charge in [0.15, 0.2) is 5.82 Å². The van der Waals surface area contributed by atoms with Gasteiger partial charge in [-0.15, -0.1) is 0 Å². The van der Waals surface area contributed by atoms with Crippen LogP contribution in [0, 0.1) is 6.92 Å². The van der Waals surface area contributed by atoms with Gasteiger partial charge in [-0.2, -0.15) is 0 Å². The molecule has 1 amide bonds. The summed E-state index contributed by atoms with van der Waals surface area (Å²) in [6.45, 7) is 4.58. The van der Waals surface area contributed by atoms with E-state index in [1.54, 1.807) is 14.2 Å². The van der Waals surface area contributed by atoms with Crippen LogP contribution < -0.4 is 9.64 Å². The third kappa shape index (κ3) is 3.99. The maximum absolute atomic E-state index is 12.5. The second kappa shape index (κ2) is 9.00. The fourth-order valence-electron chi connectivity index (χ4n) is 4.59. The van der Waals surface area contributed by atoms with Gasteiger partial charge in [-0.3, -0.25) is 4.79 Å². The zero-order chi connectivity index (χ0) is 21.1. The van der Waals surface area contributed by atoms with Crippen molar-refractivity contribution < 1.29 is 14.3 Å². The summed E-state index contributed by atoms with van der Waals surface area (Å²) in [4.78, 5) is 26.6. The summed E-state index contributed by atoms with van der Waals surface area (Å²) in [6, 6.07) is 8.05. The van der Waals surface area contributed by atoms with E-state index in [0.29, 0.717) is 0 Å². The Morgan fingerprint density at radius 1 is 1.17 bits per heavy atom. The molecule has 7 heteroatoms. The molecule has 2 aliphatic rings. The topological polar surface area (TPSA) is 67.8 Å². The lowest BCUT2D eigenvalue weighted by molar-refractivity contribution is -0.136. The molecule has 160 valence electrons. The summed E-state index contributed by atoms with van der Waals surface area (Å²) < 4.78 is 10.6. The molecule has 4 rings (SSSR count). The van der Waals surface area contributed by atoms with Crippen molar-refractivity contribution in [2.45, 2.75) is 45.2 Å². The average molecular weight is 411 g/mol. The lowest BCUT2D eigenvalue weighted by Crippen LogP contribution is -2.35. The van der Waals surface area contributed by atoms with Crippen molar-refractivity contribution in [1.82, 2.24) is 14.9 Å². The van der Waals surface area contributed by atoms with Gasteiger partial charge in [0.2, 0.25) is 5.91 Å². The summed E-state index contributed by atoms with van der Waals surface area (Å²) in [7, 11) is 3.26. The van der Waals surface area contributed by atoms with E-state index in [1.165, 1.54) is 5.56 Å². The fraction of sp³-hybridized carbons (Fsp3) is 0.522. The van der Waals surface area contributed by atoms with Crippen LogP contribution in [0.2, 0.25) is 0 Å². The predicted octanol–water partition coefficient (Wildman–Crippen LogP) is 3.06. The van der Waals surface area contributed by atoms with E-state index in [1.807, 2.05) is 23.1 Å². The van der Waals surface area contributed by atoms with Crippen molar-refractivity contribution in [3.63, 3.8) is 0 Å². The summed E-state index contributed by atoms with van der Waals surface area (Å²) in [5, 5.41) is 0. The standard InChI is InChI=1S/C23H30N4O3/c1-16-18-9-6-12-26(14-17-8-4-5-11-20(17)30-3)23(18)25-22(24-16)19-10-7-13-27(19)21(28)15-29-2/h4-5,8,11,19H,6-7,9-10,12-15H2,1-3H3/t19-/m1/s1. The number of aromatic nitrogens is 2. The maximum Gasteiger partial charge on any atom is 0.249 e. The van der Waals surface area contributed by atoms with Crippen LogP contribution in [0.4, 0.5) is 5.82 Å². The number of hydrogen-bond acceptors (Lipinski definition) is 6. The molecule has 2 aliphatic heterocycles. The van der Waals surface area contributed by atoms with Gasteiger partial charge >= 0.3 is 0 Å². The zero-order valence-corrected chi connectivity index (χ0v) is 18.1. The van der Waals surface area contributed by atoms with E-state index >= 15 is 0 Å². The van der Waals surface area contributed by atoms with Gasteiger partial charge in [0.1, 0.15) is 18.2 Å². The number of benzene rings is 1. The van der Waals surface area contributed by atoms with E-state index < -0.39 is 0 Å². The molecule has 1 aromatic heterocycles. The van der Waals surface area contributed by atoms with Gasteiger partial charge in [0.25, 0.3) is 0 Å². The highest BCUT2D eigenvalue weighted by molar-refractivity contribution is 5.78. The van der Waals surface area contributed by atoms with Crippen molar-refractivity contribution >= 4 is 11.7 Å². The first-order chi connectivity index (χ1) is 14.6. The number of ether oxygens (including phenoxy) is 2. The number of para-hydroxylation sites is 1. The molecule has 0 aliphatic carbocycles. The minimum atomic E-state index is -0.0771. The van der Waals surface area contributed by atoms with Crippen molar-refractivity contribution in [3.05, 3.63) is 46.9 Å². The number of likely N-dealkylation sites (tertiary alicyclic amines) is 1. The SMILES string of the molecule is COCC(=O)N1CCC[C@@H]1c1nc(C)c2c(n1)N(Cc1ccccc1OC)CCC2. The second-order valence-corrected chi connectivity index (χ2v) is 7.98. The first-order valence-corrected chi connectivity index (χ1v) is 10.6. The molecular weight excluding hydrogens is 380 g/mol. The molecule has 1 atom stereocenters. The molecule has 0 unspecified atom stereocenters. The molecule has 0 bridgehead atoms. The molecule has 0 spiro atoms. The normalized spacial score (nSPS) is 18.4. The zero-order valence-electron chi connectivity index (χ0n) is 18.1. The van der Waals surface area contributed by atoms with Crippen LogP contribution in [0.3, 0.4) is 0 Å². The third-order valence-corrected chi connectivity index (χ3v) is 6.06. The maximum atomic E-state index is 12.5. The minimum Gasteiger partial charge on any atom is -0.496 e. The Bertz CT molecular complexity index is 917. The molecule has 2 aromatic rings. The summed E-state index contributed by atoms with van der Waals surface area (Å²) in [6.07, 6.45) is 3.92. The quantitative estimate of drug-likeness (QED) is 0.729. The van der Waals surface area contributed by atoms with Crippen LogP contribution in [0.1, 0.15) is 47.9 Å². The molecule has 1 saturated heterocycles. The molecule has 0 N–H and O–H groups in total. The number of aryl methyl sites for hydroxylation is 1. The van der Waals surface area contributed by atoms with E-state index in [0.717, 1.165) is 74.0 Å². The van der Waals surface area contributed by atoms with Crippen LogP contribution in [-0.2, 0) is 22.5 Å². The van der Waals surface area contributed by atoms with Gasteiger partial charge in [-0.25, -0.2) is 9.97 Å². The van der Waals surface area contributed by atoms with Gasteiger partial charge in [-0.05, 0) is 38.7 Å². The first kappa shape index (κ1) is 20.6. The number of methoxy groups -OCH3 is 2. The molecule has 0 radical (unpaired) electrons. The number of carbonyl (C=O) groups is 1. The molecular formula is C23H30N4O3. The van der Waals surface area contributed by atoms with Gasteiger partial charge in [0.05, 0.1) is 13.2 Å². The Morgan fingerprint density at radius 2 is 2.00 bits per heavy atom. The number of rotatable bonds is 6. The number of anilines is 1. The molecule has 1 fully saturated rings.